The van der Waals surface area contributed by atoms with E-state index in [9.17, 15) is 13.2 Å². The van der Waals surface area contributed by atoms with Gasteiger partial charge >= 0.3 is 0 Å². The van der Waals surface area contributed by atoms with Gasteiger partial charge in [-0.15, -0.1) is 0 Å². The Morgan fingerprint density at radius 2 is 1.95 bits per heavy atom. The molecule has 0 unspecified atom stereocenters. The molecule has 1 aliphatic carbocycles. The van der Waals surface area contributed by atoms with Crippen LogP contribution < -0.4 is 10.5 Å². The summed E-state index contributed by atoms with van der Waals surface area (Å²) in [5, 5.41) is -0.232. The number of hydrogen-bond donors (Lipinski definition) is 2. The van der Waals surface area contributed by atoms with Gasteiger partial charge in [0, 0.05) is 11.1 Å². The van der Waals surface area contributed by atoms with Gasteiger partial charge in [0.2, 0.25) is 15.9 Å². The molecule has 5 nitrogen and oxygen atoms in total. The number of carbonyl (C=O) groups is 1. The third kappa shape index (κ3) is 3.81. The van der Waals surface area contributed by atoms with Crippen molar-refractivity contribution in [3.8, 4) is 11.8 Å². The minimum absolute atomic E-state index is 0.0937. The smallest absolute Gasteiger partial charge is 0.248 e. The molecule has 1 aliphatic rings. The first-order chi connectivity index (χ1) is 8.99. The highest BCUT2D eigenvalue weighted by molar-refractivity contribution is 7.90. The van der Waals surface area contributed by atoms with Gasteiger partial charge in [0.15, 0.2) is 0 Å². The summed E-state index contributed by atoms with van der Waals surface area (Å²) in [7, 11) is -3.17. The molecular formula is C13H14N2O3S. The fourth-order valence-electron chi connectivity index (χ4n) is 1.50. The number of hydrogen-bond acceptors (Lipinski definition) is 3. The zero-order chi connectivity index (χ0) is 13.9. The first-order valence-electron chi connectivity index (χ1n) is 5.86. The first kappa shape index (κ1) is 13.6. The van der Waals surface area contributed by atoms with Gasteiger partial charge in [-0.25, -0.2) is 13.1 Å². The Labute approximate surface area is 112 Å². The van der Waals surface area contributed by atoms with Crippen LogP contribution in [0.5, 0.6) is 0 Å². The van der Waals surface area contributed by atoms with E-state index in [1.54, 1.807) is 24.3 Å². The Balaban J connectivity index is 1.91. The van der Waals surface area contributed by atoms with E-state index < -0.39 is 15.9 Å². The topological polar surface area (TPSA) is 89.3 Å². The molecule has 3 N–H and O–H groups in total. The number of rotatable bonds is 4. The second kappa shape index (κ2) is 5.43. The van der Waals surface area contributed by atoms with Crippen LogP contribution in [0.3, 0.4) is 0 Å². The van der Waals surface area contributed by atoms with Crippen molar-refractivity contribution in [1.29, 1.82) is 0 Å². The van der Waals surface area contributed by atoms with Gasteiger partial charge in [-0.3, -0.25) is 4.79 Å². The lowest BCUT2D eigenvalue weighted by atomic mass is 10.1. The minimum Gasteiger partial charge on any atom is -0.366 e. The first-order valence-corrected chi connectivity index (χ1v) is 7.41. The standard InChI is InChI=1S/C13H14N2O3S/c14-13(16)11-5-3-10(4-6-11)2-1-9-15-19(17,18)12-7-8-12/h3-6,12,15H,7-9H2,(H2,14,16). The van der Waals surface area contributed by atoms with Crippen LogP contribution in [0.25, 0.3) is 0 Å². The van der Waals surface area contributed by atoms with Crippen LogP contribution in [0.1, 0.15) is 28.8 Å². The summed E-state index contributed by atoms with van der Waals surface area (Å²) in [5.41, 5.74) is 6.24. The molecule has 19 heavy (non-hydrogen) atoms. The predicted molar refractivity (Wildman–Crippen MR) is 71.8 cm³/mol. The fourth-order valence-corrected chi connectivity index (χ4v) is 2.76. The minimum atomic E-state index is -3.17. The van der Waals surface area contributed by atoms with E-state index >= 15 is 0 Å². The molecule has 0 bridgehead atoms. The zero-order valence-corrected chi connectivity index (χ0v) is 11.0. The second-order valence-electron chi connectivity index (χ2n) is 4.31. The molecule has 0 atom stereocenters. The largest absolute Gasteiger partial charge is 0.366 e. The van der Waals surface area contributed by atoms with Crippen LogP contribution in [0.4, 0.5) is 0 Å². The number of benzene rings is 1. The Morgan fingerprint density at radius 1 is 1.32 bits per heavy atom. The van der Waals surface area contributed by atoms with E-state index in [2.05, 4.69) is 16.6 Å². The van der Waals surface area contributed by atoms with Gasteiger partial charge in [0.1, 0.15) is 0 Å². The lowest BCUT2D eigenvalue weighted by molar-refractivity contribution is 0.100. The van der Waals surface area contributed by atoms with Crippen LogP contribution in [-0.4, -0.2) is 26.1 Å². The molecule has 6 heteroatoms. The molecule has 0 aromatic heterocycles. The third-order valence-electron chi connectivity index (χ3n) is 2.73. The number of sulfonamides is 1. The van der Waals surface area contributed by atoms with Gasteiger partial charge < -0.3 is 5.73 Å². The van der Waals surface area contributed by atoms with Crippen molar-refractivity contribution < 1.29 is 13.2 Å². The summed E-state index contributed by atoms with van der Waals surface area (Å²) < 4.78 is 25.4. The fraction of sp³-hybridized carbons (Fsp3) is 0.308. The Kier molecular flexibility index (Phi) is 3.88. The van der Waals surface area contributed by atoms with Gasteiger partial charge in [0.05, 0.1) is 11.8 Å². The van der Waals surface area contributed by atoms with E-state index in [-0.39, 0.29) is 11.8 Å². The van der Waals surface area contributed by atoms with Crippen molar-refractivity contribution in [3.05, 3.63) is 35.4 Å². The van der Waals surface area contributed by atoms with Gasteiger partial charge in [0.25, 0.3) is 0 Å². The van der Waals surface area contributed by atoms with E-state index in [1.165, 1.54) is 0 Å². The average molecular weight is 278 g/mol. The normalized spacial score (nSPS) is 14.5. The summed E-state index contributed by atoms with van der Waals surface area (Å²) in [4.78, 5) is 10.9. The zero-order valence-electron chi connectivity index (χ0n) is 10.2. The quantitative estimate of drug-likeness (QED) is 0.772. The van der Waals surface area contributed by atoms with Crippen molar-refractivity contribution in [3.63, 3.8) is 0 Å². The number of primary amides is 1. The summed E-state index contributed by atoms with van der Waals surface area (Å²) >= 11 is 0. The molecule has 1 saturated carbocycles. The molecule has 0 spiro atoms. The van der Waals surface area contributed by atoms with Gasteiger partial charge in [-0.2, -0.15) is 0 Å². The number of carbonyl (C=O) groups excluding carboxylic acids is 1. The summed E-state index contributed by atoms with van der Waals surface area (Å²) in [5.74, 6) is 5.06. The van der Waals surface area contributed by atoms with Crippen LogP contribution >= 0.6 is 0 Å². The summed E-state index contributed by atoms with van der Waals surface area (Å²) in [6.45, 7) is 0.0937. The van der Waals surface area contributed by atoms with Crippen molar-refractivity contribution in [1.82, 2.24) is 4.72 Å². The Bertz CT molecular complexity index is 635. The highest BCUT2D eigenvalue weighted by Gasteiger charge is 2.34. The maximum atomic E-state index is 11.5. The van der Waals surface area contributed by atoms with Crippen molar-refractivity contribution >= 4 is 15.9 Å². The SMILES string of the molecule is NC(=O)c1ccc(C#CCNS(=O)(=O)C2CC2)cc1. The Hall–Kier alpha value is -1.84. The molecular weight excluding hydrogens is 264 g/mol. The van der Waals surface area contributed by atoms with Gasteiger partial charge in [-0.05, 0) is 37.1 Å². The lowest BCUT2D eigenvalue weighted by Crippen LogP contribution is -2.27. The molecule has 1 aromatic carbocycles. The second-order valence-corrected chi connectivity index (χ2v) is 6.35. The third-order valence-corrected chi connectivity index (χ3v) is 4.62. The Morgan fingerprint density at radius 3 is 2.47 bits per heavy atom. The number of nitrogens with two attached hydrogens (primary N) is 1. The summed E-state index contributed by atoms with van der Waals surface area (Å²) in [6, 6.07) is 6.51. The molecule has 1 fully saturated rings. The van der Waals surface area contributed by atoms with E-state index in [1.807, 2.05) is 0 Å². The van der Waals surface area contributed by atoms with Crippen LogP contribution in [-0.2, 0) is 10.0 Å². The average Bonchev–Trinajstić information content (AvgIpc) is 3.20. The molecule has 0 heterocycles. The van der Waals surface area contributed by atoms with Crippen LogP contribution in [0.2, 0.25) is 0 Å². The lowest BCUT2D eigenvalue weighted by Gasteiger charge is -1.99. The predicted octanol–water partition coefficient (Wildman–Crippen LogP) is 0.219. The highest BCUT2D eigenvalue weighted by Crippen LogP contribution is 2.27. The van der Waals surface area contributed by atoms with Crippen LogP contribution in [0.15, 0.2) is 24.3 Å². The molecule has 0 radical (unpaired) electrons. The molecule has 100 valence electrons. The van der Waals surface area contributed by atoms with E-state index in [0.717, 1.165) is 12.8 Å². The van der Waals surface area contributed by atoms with Crippen molar-refractivity contribution in [2.24, 2.45) is 5.73 Å². The number of nitrogens with one attached hydrogen (secondary N) is 1. The molecule has 2 rings (SSSR count). The van der Waals surface area contributed by atoms with E-state index in [0.29, 0.717) is 11.1 Å². The van der Waals surface area contributed by atoms with Crippen molar-refractivity contribution in [2.75, 3.05) is 6.54 Å². The molecule has 0 saturated heterocycles. The maximum Gasteiger partial charge on any atom is 0.248 e. The van der Waals surface area contributed by atoms with Crippen molar-refractivity contribution in [2.45, 2.75) is 18.1 Å². The van der Waals surface area contributed by atoms with E-state index in [4.69, 9.17) is 5.73 Å². The molecule has 1 aromatic rings. The highest BCUT2D eigenvalue weighted by atomic mass is 32.2. The maximum absolute atomic E-state index is 11.5. The molecule has 0 aliphatic heterocycles. The van der Waals surface area contributed by atoms with Crippen LogP contribution in [0, 0.1) is 11.8 Å². The molecule has 1 amide bonds. The number of amides is 1. The van der Waals surface area contributed by atoms with Gasteiger partial charge in [-0.1, -0.05) is 11.8 Å². The monoisotopic (exact) mass is 278 g/mol. The summed E-state index contributed by atoms with van der Waals surface area (Å²) in [6.07, 6.45) is 1.47.